The van der Waals surface area contributed by atoms with E-state index in [0.717, 1.165) is 12.0 Å². The summed E-state index contributed by atoms with van der Waals surface area (Å²) in [6, 6.07) is 4.95. The van der Waals surface area contributed by atoms with E-state index in [2.05, 4.69) is 0 Å². The molecule has 0 saturated carbocycles. The van der Waals surface area contributed by atoms with Gasteiger partial charge in [-0.1, -0.05) is 13.0 Å². The van der Waals surface area contributed by atoms with Gasteiger partial charge in [0.2, 0.25) is 10.0 Å². The van der Waals surface area contributed by atoms with E-state index in [-0.39, 0.29) is 12.1 Å². The number of likely N-dealkylation sites (N-methyl/N-ethyl adjacent to an activating group) is 1. The minimum absolute atomic E-state index is 0.0825. The molecule has 1 saturated heterocycles. The second-order valence-corrected chi connectivity index (χ2v) is 7.14. The number of nitrogens with two attached hydrogens (primary N) is 1. The van der Waals surface area contributed by atoms with Crippen molar-refractivity contribution in [3.63, 3.8) is 0 Å². The Morgan fingerprint density at radius 1 is 1.45 bits per heavy atom. The number of sulfonamides is 1. The van der Waals surface area contributed by atoms with E-state index < -0.39 is 10.0 Å². The van der Waals surface area contributed by atoms with Gasteiger partial charge in [-0.05, 0) is 37.5 Å². The third-order valence-corrected chi connectivity index (χ3v) is 5.90. The zero-order valence-corrected chi connectivity index (χ0v) is 13.0. The highest BCUT2D eigenvalue weighted by Crippen LogP contribution is 2.28. The lowest BCUT2D eigenvalue weighted by molar-refractivity contribution is 0.102. The molecule has 6 heteroatoms. The van der Waals surface area contributed by atoms with Crippen molar-refractivity contribution in [2.75, 3.05) is 19.4 Å². The van der Waals surface area contributed by atoms with Gasteiger partial charge in [0.05, 0.1) is 17.0 Å². The van der Waals surface area contributed by atoms with Crippen LogP contribution in [0.25, 0.3) is 0 Å². The van der Waals surface area contributed by atoms with Crippen LogP contribution in [0.2, 0.25) is 0 Å². The van der Waals surface area contributed by atoms with Crippen LogP contribution in [-0.2, 0) is 21.2 Å². The average Bonchev–Trinajstić information content (AvgIpc) is 2.83. The van der Waals surface area contributed by atoms with Crippen molar-refractivity contribution in [2.24, 2.45) is 0 Å². The third kappa shape index (κ3) is 2.68. The van der Waals surface area contributed by atoms with Crippen molar-refractivity contribution in [3.05, 3.63) is 23.8 Å². The molecule has 20 heavy (non-hydrogen) atoms. The van der Waals surface area contributed by atoms with E-state index in [0.29, 0.717) is 23.6 Å². The normalized spacial score (nSPS) is 23.4. The SMILES string of the molecule is CCc1ccc(N)cc1S(=O)(=O)N(C)C1CCOC1C. The van der Waals surface area contributed by atoms with E-state index in [1.54, 1.807) is 25.2 Å². The van der Waals surface area contributed by atoms with Crippen molar-refractivity contribution >= 4 is 15.7 Å². The second-order valence-electron chi connectivity index (χ2n) is 5.17. The molecule has 0 bridgehead atoms. The number of nitrogen functional groups attached to an aromatic ring is 1. The quantitative estimate of drug-likeness (QED) is 0.858. The topological polar surface area (TPSA) is 72.6 Å². The maximum atomic E-state index is 12.8. The van der Waals surface area contributed by atoms with E-state index in [1.807, 2.05) is 13.8 Å². The zero-order chi connectivity index (χ0) is 14.9. The fourth-order valence-electron chi connectivity index (χ4n) is 2.63. The highest BCUT2D eigenvalue weighted by Gasteiger charge is 2.36. The summed E-state index contributed by atoms with van der Waals surface area (Å²) < 4.78 is 32.5. The van der Waals surface area contributed by atoms with E-state index in [1.165, 1.54) is 4.31 Å². The monoisotopic (exact) mass is 298 g/mol. The predicted molar refractivity (Wildman–Crippen MR) is 79.0 cm³/mol. The Morgan fingerprint density at radius 3 is 2.70 bits per heavy atom. The number of ether oxygens (including phenoxy) is 1. The molecule has 1 aromatic rings. The Morgan fingerprint density at radius 2 is 2.15 bits per heavy atom. The molecule has 0 aliphatic carbocycles. The summed E-state index contributed by atoms with van der Waals surface area (Å²) >= 11 is 0. The minimum atomic E-state index is -3.55. The highest BCUT2D eigenvalue weighted by atomic mass is 32.2. The van der Waals surface area contributed by atoms with Crippen LogP contribution in [0.1, 0.15) is 25.8 Å². The first-order valence-corrected chi connectivity index (χ1v) is 8.30. The molecule has 2 unspecified atom stereocenters. The van der Waals surface area contributed by atoms with Crippen molar-refractivity contribution in [3.8, 4) is 0 Å². The molecule has 1 heterocycles. The van der Waals surface area contributed by atoms with Crippen molar-refractivity contribution < 1.29 is 13.2 Å². The largest absolute Gasteiger partial charge is 0.399 e. The summed E-state index contributed by atoms with van der Waals surface area (Å²) in [7, 11) is -1.93. The maximum Gasteiger partial charge on any atom is 0.243 e. The number of nitrogens with zero attached hydrogens (tertiary/aromatic N) is 1. The lowest BCUT2D eigenvalue weighted by atomic mass is 10.1. The van der Waals surface area contributed by atoms with Gasteiger partial charge < -0.3 is 10.5 Å². The van der Waals surface area contributed by atoms with Crippen LogP contribution in [0.3, 0.4) is 0 Å². The zero-order valence-electron chi connectivity index (χ0n) is 12.2. The number of hydrogen-bond acceptors (Lipinski definition) is 4. The van der Waals surface area contributed by atoms with Crippen LogP contribution < -0.4 is 5.73 Å². The predicted octanol–water partition coefficient (Wildman–Crippen LogP) is 1.63. The summed E-state index contributed by atoms with van der Waals surface area (Å²) in [5.74, 6) is 0. The molecule has 1 aromatic carbocycles. The molecular formula is C14H22N2O3S. The molecule has 1 fully saturated rings. The summed E-state index contributed by atoms with van der Waals surface area (Å²) in [4.78, 5) is 0.307. The second kappa shape index (κ2) is 5.71. The van der Waals surface area contributed by atoms with Crippen molar-refractivity contribution in [1.82, 2.24) is 4.31 Å². The summed E-state index contributed by atoms with van der Waals surface area (Å²) in [6.45, 7) is 4.44. The maximum absolute atomic E-state index is 12.8. The third-order valence-electron chi connectivity index (χ3n) is 3.93. The van der Waals surface area contributed by atoms with Gasteiger partial charge in [-0.25, -0.2) is 8.42 Å². The Labute approximate surface area is 120 Å². The summed E-state index contributed by atoms with van der Waals surface area (Å²) in [5, 5.41) is 0. The van der Waals surface area contributed by atoms with Gasteiger partial charge in [0.15, 0.2) is 0 Å². The van der Waals surface area contributed by atoms with Gasteiger partial charge in [-0.3, -0.25) is 0 Å². The lowest BCUT2D eigenvalue weighted by Gasteiger charge is -2.27. The van der Waals surface area contributed by atoms with Gasteiger partial charge >= 0.3 is 0 Å². The Bertz CT molecular complexity index is 586. The number of benzene rings is 1. The fraction of sp³-hybridized carbons (Fsp3) is 0.571. The van der Waals surface area contributed by atoms with Crippen LogP contribution in [0.15, 0.2) is 23.1 Å². The first-order valence-electron chi connectivity index (χ1n) is 6.86. The highest BCUT2D eigenvalue weighted by molar-refractivity contribution is 7.89. The molecule has 1 aliphatic rings. The van der Waals surface area contributed by atoms with Crippen LogP contribution in [0.5, 0.6) is 0 Å². The van der Waals surface area contributed by atoms with Crippen LogP contribution in [0.4, 0.5) is 5.69 Å². The summed E-state index contributed by atoms with van der Waals surface area (Å²) in [5.41, 5.74) is 7.00. The van der Waals surface area contributed by atoms with Gasteiger partial charge in [0.1, 0.15) is 0 Å². The molecular weight excluding hydrogens is 276 g/mol. The number of anilines is 1. The fourth-order valence-corrected chi connectivity index (χ4v) is 4.41. The van der Waals surface area contributed by atoms with Gasteiger partial charge in [0.25, 0.3) is 0 Å². The van der Waals surface area contributed by atoms with Crippen molar-refractivity contribution in [2.45, 2.75) is 43.7 Å². The number of rotatable bonds is 4. The van der Waals surface area contributed by atoms with Crippen LogP contribution in [0, 0.1) is 0 Å². The molecule has 5 nitrogen and oxygen atoms in total. The molecule has 0 spiro atoms. The summed E-state index contributed by atoms with van der Waals surface area (Å²) in [6.07, 6.45) is 1.29. The average molecular weight is 298 g/mol. The number of aryl methyl sites for hydroxylation is 1. The Hall–Kier alpha value is -1.11. The van der Waals surface area contributed by atoms with E-state index >= 15 is 0 Å². The molecule has 2 N–H and O–H groups in total. The molecule has 2 rings (SSSR count). The van der Waals surface area contributed by atoms with Crippen molar-refractivity contribution in [1.29, 1.82) is 0 Å². The smallest absolute Gasteiger partial charge is 0.243 e. The molecule has 112 valence electrons. The number of hydrogen-bond donors (Lipinski definition) is 1. The molecule has 0 aromatic heterocycles. The van der Waals surface area contributed by atoms with E-state index in [4.69, 9.17) is 10.5 Å². The Kier molecular flexibility index (Phi) is 4.36. The molecule has 0 radical (unpaired) electrons. The minimum Gasteiger partial charge on any atom is -0.399 e. The first kappa shape index (κ1) is 15.3. The van der Waals surface area contributed by atoms with Crippen LogP contribution in [-0.4, -0.2) is 38.5 Å². The molecule has 0 amide bonds. The standard InChI is InChI=1S/C14H22N2O3S/c1-4-11-5-6-12(15)9-14(11)20(17,18)16(3)13-7-8-19-10(13)2/h5-6,9-10,13H,4,7-8,15H2,1-3H3. The van der Waals surface area contributed by atoms with Gasteiger partial charge in [-0.15, -0.1) is 0 Å². The Balaban J connectivity index is 2.42. The van der Waals surface area contributed by atoms with E-state index in [9.17, 15) is 8.42 Å². The van der Waals surface area contributed by atoms with Gasteiger partial charge in [-0.2, -0.15) is 4.31 Å². The van der Waals surface area contributed by atoms with Gasteiger partial charge in [0, 0.05) is 19.3 Å². The lowest BCUT2D eigenvalue weighted by Crippen LogP contribution is -2.41. The molecule has 1 aliphatic heterocycles. The molecule has 2 atom stereocenters. The first-order chi connectivity index (χ1) is 9.37. The van der Waals surface area contributed by atoms with Crippen LogP contribution >= 0.6 is 0 Å².